The summed E-state index contributed by atoms with van der Waals surface area (Å²) in [6, 6.07) is 8.64. The SMILES string of the molecule is COc1ccccc1N1CCN(C(=O)CCC2CCCN2)CC1. The van der Waals surface area contributed by atoms with Crippen LogP contribution >= 0.6 is 0 Å². The molecule has 1 atom stereocenters. The number of nitrogens with one attached hydrogen (secondary N) is 1. The second kappa shape index (κ2) is 7.68. The number of carbonyl (C=O) groups excluding carboxylic acids is 1. The lowest BCUT2D eigenvalue weighted by molar-refractivity contribution is -0.131. The lowest BCUT2D eigenvalue weighted by Gasteiger charge is -2.36. The van der Waals surface area contributed by atoms with Crippen molar-refractivity contribution in [3.63, 3.8) is 0 Å². The van der Waals surface area contributed by atoms with E-state index in [9.17, 15) is 4.79 Å². The zero-order valence-corrected chi connectivity index (χ0v) is 14.0. The van der Waals surface area contributed by atoms with Crippen molar-refractivity contribution < 1.29 is 9.53 Å². The Balaban J connectivity index is 1.48. The van der Waals surface area contributed by atoms with Crippen molar-refractivity contribution in [3.8, 4) is 5.75 Å². The van der Waals surface area contributed by atoms with Crippen molar-refractivity contribution in [2.75, 3.05) is 44.7 Å². The van der Waals surface area contributed by atoms with E-state index in [0.29, 0.717) is 18.4 Å². The maximum Gasteiger partial charge on any atom is 0.222 e. The molecule has 2 saturated heterocycles. The van der Waals surface area contributed by atoms with E-state index in [1.54, 1.807) is 7.11 Å². The van der Waals surface area contributed by atoms with Gasteiger partial charge >= 0.3 is 0 Å². The van der Waals surface area contributed by atoms with E-state index in [0.717, 1.165) is 50.6 Å². The number of piperazine rings is 1. The molecular formula is C18H27N3O2. The predicted octanol–water partition coefficient (Wildman–Crippen LogP) is 1.88. The molecule has 3 rings (SSSR count). The Morgan fingerprint density at radius 3 is 2.74 bits per heavy atom. The third-order valence-corrected chi connectivity index (χ3v) is 4.93. The highest BCUT2D eigenvalue weighted by Crippen LogP contribution is 2.28. The molecule has 2 aliphatic rings. The minimum absolute atomic E-state index is 0.304. The van der Waals surface area contributed by atoms with E-state index >= 15 is 0 Å². The van der Waals surface area contributed by atoms with Gasteiger partial charge in [0.25, 0.3) is 0 Å². The first kappa shape index (κ1) is 16.1. The van der Waals surface area contributed by atoms with Gasteiger partial charge < -0.3 is 19.9 Å². The van der Waals surface area contributed by atoms with Gasteiger partial charge in [0.15, 0.2) is 0 Å². The average molecular weight is 317 g/mol. The zero-order valence-electron chi connectivity index (χ0n) is 14.0. The largest absolute Gasteiger partial charge is 0.495 e. The van der Waals surface area contributed by atoms with Gasteiger partial charge in [-0.2, -0.15) is 0 Å². The number of carbonyl (C=O) groups is 1. The number of hydrogen-bond acceptors (Lipinski definition) is 4. The predicted molar refractivity (Wildman–Crippen MR) is 92.0 cm³/mol. The van der Waals surface area contributed by atoms with E-state index in [1.165, 1.54) is 12.8 Å². The Morgan fingerprint density at radius 2 is 2.04 bits per heavy atom. The highest BCUT2D eigenvalue weighted by molar-refractivity contribution is 5.76. The minimum atomic E-state index is 0.304. The summed E-state index contributed by atoms with van der Waals surface area (Å²) in [7, 11) is 1.70. The molecule has 1 aromatic carbocycles. The molecule has 2 heterocycles. The van der Waals surface area contributed by atoms with Gasteiger partial charge in [0, 0.05) is 38.6 Å². The molecule has 1 unspecified atom stereocenters. The lowest BCUT2D eigenvalue weighted by Crippen LogP contribution is -2.49. The quantitative estimate of drug-likeness (QED) is 0.900. The van der Waals surface area contributed by atoms with Crippen LogP contribution in [0.5, 0.6) is 5.75 Å². The molecule has 0 bridgehead atoms. The van der Waals surface area contributed by atoms with Crippen LogP contribution in [-0.2, 0) is 4.79 Å². The maximum atomic E-state index is 12.4. The van der Waals surface area contributed by atoms with Gasteiger partial charge in [0.05, 0.1) is 12.8 Å². The van der Waals surface area contributed by atoms with Crippen molar-refractivity contribution >= 4 is 11.6 Å². The molecule has 5 heteroatoms. The summed E-state index contributed by atoms with van der Waals surface area (Å²) >= 11 is 0. The second-order valence-electron chi connectivity index (χ2n) is 6.37. The number of benzene rings is 1. The molecule has 23 heavy (non-hydrogen) atoms. The van der Waals surface area contributed by atoms with Gasteiger partial charge in [-0.05, 0) is 37.9 Å². The molecular weight excluding hydrogens is 290 g/mol. The number of ether oxygens (including phenoxy) is 1. The number of methoxy groups -OCH3 is 1. The van der Waals surface area contributed by atoms with Crippen molar-refractivity contribution in [3.05, 3.63) is 24.3 Å². The van der Waals surface area contributed by atoms with E-state index in [2.05, 4.69) is 16.3 Å². The van der Waals surface area contributed by atoms with Crippen LogP contribution < -0.4 is 15.0 Å². The van der Waals surface area contributed by atoms with Crippen molar-refractivity contribution in [2.24, 2.45) is 0 Å². The molecule has 0 aliphatic carbocycles. The molecule has 5 nitrogen and oxygen atoms in total. The molecule has 126 valence electrons. The van der Waals surface area contributed by atoms with Crippen molar-refractivity contribution in [1.29, 1.82) is 0 Å². The van der Waals surface area contributed by atoms with Crippen LogP contribution in [0.2, 0.25) is 0 Å². The summed E-state index contributed by atoms with van der Waals surface area (Å²) in [5, 5.41) is 3.46. The van der Waals surface area contributed by atoms with Gasteiger partial charge in [-0.3, -0.25) is 4.79 Å². The van der Waals surface area contributed by atoms with E-state index in [1.807, 2.05) is 23.1 Å². The van der Waals surface area contributed by atoms with Gasteiger partial charge in [0.2, 0.25) is 5.91 Å². The summed E-state index contributed by atoms with van der Waals surface area (Å²) in [5.41, 5.74) is 1.12. The fourth-order valence-electron chi connectivity index (χ4n) is 3.55. The van der Waals surface area contributed by atoms with Crippen LogP contribution in [-0.4, -0.2) is 56.7 Å². The standard InChI is InChI=1S/C18H27N3O2/c1-23-17-7-3-2-6-16(17)20-11-13-21(14-12-20)18(22)9-8-15-5-4-10-19-15/h2-3,6-7,15,19H,4-5,8-14H2,1H3. The first-order chi connectivity index (χ1) is 11.3. The first-order valence-corrected chi connectivity index (χ1v) is 8.67. The Bertz CT molecular complexity index is 521. The molecule has 1 aromatic rings. The summed E-state index contributed by atoms with van der Waals surface area (Å²) < 4.78 is 5.44. The number of anilines is 1. The normalized spacial score (nSPS) is 21.5. The van der Waals surface area contributed by atoms with Crippen LogP contribution in [0.3, 0.4) is 0 Å². The minimum Gasteiger partial charge on any atom is -0.495 e. The van der Waals surface area contributed by atoms with Crippen LogP contribution in [0.1, 0.15) is 25.7 Å². The summed E-state index contributed by atoms with van der Waals surface area (Å²) in [6.07, 6.45) is 4.11. The Morgan fingerprint density at radius 1 is 1.26 bits per heavy atom. The van der Waals surface area contributed by atoms with Gasteiger partial charge in [0.1, 0.15) is 5.75 Å². The molecule has 0 radical (unpaired) electrons. The summed E-state index contributed by atoms with van der Waals surface area (Å²) in [4.78, 5) is 16.7. The van der Waals surface area contributed by atoms with E-state index in [4.69, 9.17) is 4.74 Å². The molecule has 1 N–H and O–H groups in total. The van der Waals surface area contributed by atoms with Crippen LogP contribution in [0, 0.1) is 0 Å². The number of rotatable bonds is 5. The number of para-hydroxylation sites is 2. The molecule has 2 fully saturated rings. The zero-order chi connectivity index (χ0) is 16.1. The molecule has 0 spiro atoms. The number of amides is 1. The van der Waals surface area contributed by atoms with Crippen LogP contribution in [0.4, 0.5) is 5.69 Å². The van der Waals surface area contributed by atoms with E-state index in [-0.39, 0.29) is 0 Å². The smallest absolute Gasteiger partial charge is 0.222 e. The number of hydrogen-bond donors (Lipinski definition) is 1. The van der Waals surface area contributed by atoms with Crippen molar-refractivity contribution in [2.45, 2.75) is 31.7 Å². The lowest BCUT2D eigenvalue weighted by atomic mass is 10.1. The Kier molecular flexibility index (Phi) is 5.39. The second-order valence-corrected chi connectivity index (χ2v) is 6.37. The summed E-state index contributed by atoms with van der Waals surface area (Å²) in [5.74, 6) is 1.21. The van der Waals surface area contributed by atoms with E-state index < -0.39 is 0 Å². The fraction of sp³-hybridized carbons (Fsp3) is 0.611. The molecule has 0 saturated carbocycles. The third-order valence-electron chi connectivity index (χ3n) is 4.93. The number of nitrogens with zero attached hydrogens (tertiary/aromatic N) is 2. The topological polar surface area (TPSA) is 44.8 Å². The highest BCUT2D eigenvalue weighted by Gasteiger charge is 2.23. The van der Waals surface area contributed by atoms with Gasteiger partial charge in [-0.1, -0.05) is 12.1 Å². The molecule has 2 aliphatic heterocycles. The first-order valence-electron chi connectivity index (χ1n) is 8.67. The van der Waals surface area contributed by atoms with Crippen LogP contribution in [0.15, 0.2) is 24.3 Å². The highest BCUT2D eigenvalue weighted by atomic mass is 16.5. The monoisotopic (exact) mass is 317 g/mol. The van der Waals surface area contributed by atoms with Crippen molar-refractivity contribution in [1.82, 2.24) is 10.2 Å². The summed E-state index contributed by atoms with van der Waals surface area (Å²) in [6.45, 7) is 4.45. The van der Waals surface area contributed by atoms with Crippen LogP contribution in [0.25, 0.3) is 0 Å². The third kappa shape index (κ3) is 3.96. The maximum absolute atomic E-state index is 12.4. The van der Waals surface area contributed by atoms with Gasteiger partial charge in [-0.15, -0.1) is 0 Å². The average Bonchev–Trinajstić information content (AvgIpc) is 3.13. The molecule has 1 amide bonds. The Hall–Kier alpha value is -1.75. The van der Waals surface area contributed by atoms with Gasteiger partial charge in [-0.25, -0.2) is 0 Å². The fourth-order valence-corrected chi connectivity index (χ4v) is 3.55. The molecule has 0 aromatic heterocycles. The Labute approximate surface area is 138 Å².